The molecule has 0 fully saturated rings. The lowest BCUT2D eigenvalue weighted by Gasteiger charge is -2.27. The second-order valence-electron chi connectivity index (χ2n) is 8.49. The second-order valence-corrected chi connectivity index (χ2v) is 8.49. The van der Waals surface area contributed by atoms with E-state index in [0.717, 1.165) is 16.9 Å². The zero-order valence-electron chi connectivity index (χ0n) is 17.0. The summed E-state index contributed by atoms with van der Waals surface area (Å²) in [5.74, 6) is 0.744. The quantitative estimate of drug-likeness (QED) is 0.460. The molecular formula is C22H30N2O3. The van der Waals surface area contributed by atoms with Crippen LogP contribution in [-0.2, 0) is 10.2 Å². The molecule has 146 valence electrons. The molecule has 0 saturated carbocycles. The number of nitrogens with two attached hydrogens (primary N) is 2. The van der Waals surface area contributed by atoms with Crippen molar-refractivity contribution in [2.75, 3.05) is 0 Å². The summed E-state index contributed by atoms with van der Waals surface area (Å²) >= 11 is 0. The minimum Gasteiger partial charge on any atom is -0.474 e. The summed E-state index contributed by atoms with van der Waals surface area (Å²) in [4.78, 5) is 11.9. The normalized spacial score (nSPS) is 12.6. The molecular weight excluding hydrogens is 340 g/mol. The largest absolute Gasteiger partial charge is 0.474 e. The van der Waals surface area contributed by atoms with Crippen molar-refractivity contribution < 1.29 is 14.3 Å². The number of ether oxygens (including phenoxy) is 2. The fourth-order valence-electron chi connectivity index (χ4n) is 2.59. The summed E-state index contributed by atoms with van der Waals surface area (Å²) in [6.07, 6.45) is 0. The van der Waals surface area contributed by atoms with E-state index in [2.05, 4.69) is 13.8 Å². The van der Waals surface area contributed by atoms with Crippen LogP contribution in [0, 0.1) is 0 Å². The van der Waals surface area contributed by atoms with E-state index in [9.17, 15) is 4.79 Å². The third kappa shape index (κ3) is 5.55. The first-order valence-corrected chi connectivity index (χ1v) is 8.99. The minimum absolute atomic E-state index is 0.230. The van der Waals surface area contributed by atoms with Crippen LogP contribution in [0.25, 0.3) is 0 Å². The van der Waals surface area contributed by atoms with E-state index in [0.29, 0.717) is 5.75 Å². The number of hydrogen-bond acceptors (Lipinski definition) is 5. The maximum absolute atomic E-state index is 11.9. The maximum atomic E-state index is 11.9. The first kappa shape index (κ1) is 20.9. The van der Waals surface area contributed by atoms with Crippen LogP contribution in [0.5, 0.6) is 11.5 Å². The smallest absolute Gasteiger partial charge is 0.330 e. The van der Waals surface area contributed by atoms with E-state index < -0.39 is 17.2 Å². The molecule has 0 unspecified atom stereocenters. The summed E-state index contributed by atoms with van der Waals surface area (Å²) in [6, 6.07) is 15.4. The van der Waals surface area contributed by atoms with Gasteiger partial charge in [0.2, 0.25) is 0 Å². The highest BCUT2D eigenvalue weighted by Crippen LogP contribution is 2.33. The number of carbonyl (C=O) groups excluding carboxylic acids is 1. The van der Waals surface area contributed by atoms with Gasteiger partial charge in [0.15, 0.2) is 5.72 Å². The number of benzene rings is 2. The summed E-state index contributed by atoms with van der Waals surface area (Å²) in [7, 11) is 0. The maximum Gasteiger partial charge on any atom is 0.330 e. The van der Waals surface area contributed by atoms with Crippen LogP contribution in [0.15, 0.2) is 48.5 Å². The van der Waals surface area contributed by atoms with Crippen molar-refractivity contribution in [2.24, 2.45) is 11.5 Å². The predicted molar refractivity (Wildman–Crippen MR) is 108 cm³/mol. The highest BCUT2D eigenvalue weighted by atomic mass is 16.5. The third-order valence-electron chi connectivity index (χ3n) is 4.27. The topological polar surface area (TPSA) is 87.6 Å². The number of rotatable bonds is 6. The van der Waals surface area contributed by atoms with Gasteiger partial charge < -0.3 is 15.2 Å². The Bertz CT molecular complexity index is 780. The Balaban J connectivity index is 2.17. The van der Waals surface area contributed by atoms with E-state index in [-0.39, 0.29) is 5.41 Å². The van der Waals surface area contributed by atoms with Gasteiger partial charge in [0.1, 0.15) is 17.0 Å². The second kappa shape index (κ2) is 7.33. The highest BCUT2D eigenvalue weighted by molar-refractivity contribution is 5.81. The van der Waals surface area contributed by atoms with Crippen molar-refractivity contribution in [3.63, 3.8) is 0 Å². The van der Waals surface area contributed by atoms with Gasteiger partial charge in [-0.15, -0.1) is 0 Å². The lowest BCUT2D eigenvalue weighted by molar-refractivity contribution is -0.139. The van der Waals surface area contributed by atoms with Crippen LogP contribution < -0.4 is 20.9 Å². The Hall–Kier alpha value is -2.37. The molecule has 27 heavy (non-hydrogen) atoms. The van der Waals surface area contributed by atoms with E-state index >= 15 is 0 Å². The van der Waals surface area contributed by atoms with E-state index in [1.165, 1.54) is 0 Å². The lowest BCUT2D eigenvalue weighted by Crippen LogP contribution is -2.44. The van der Waals surface area contributed by atoms with E-state index in [1.54, 1.807) is 26.0 Å². The van der Waals surface area contributed by atoms with E-state index in [1.807, 2.05) is 50.2 Å². The van der Waals surface area contributed by atoms with Gasteiger partial charge in [-0.3, -0.25) is 5.73 Å². The number of carbonyl (C=O) groups is 1. The molecule has 2 aromatic carbocycles. The van der Waals surface area contributed by atoms with Crippen LogP contribution >= 0.6 is 0 Å². The zero-order valence-corrected chi connectivity index (χ0v) is 17.0. The van der Waals surface area contributed by atoms with Gasteiger partial charge in [0, 0.05) is 5.41 Å². The lowest BCUT2D eigenvalue weighted by atomic mass is 9.78. The SMILES string of the molecule is CC(C)(N)Oc1ccc(C(C)(C)c2ccc(OC(=O)C(C)(C)N)cc2)cc1. The third-order valence-corrected chi connectivity index (χ3v) is 4.27. The van der Waals surface area contributed by atoms with Crippen molar-refractivity contribution >= 4 is 5.97 Å². The van der Waals surface area contributed by atoms with Gasteiger partial charge in [0.05, 0.1) is 0 Å². The fourth-order valence-corrected chi connectivity index (χ4v) is 2.59. The molecule has 0 aromatic heterocycles. The Labute approximate surface area is 161 Å². The van der Waals surface area contributed by atoms with Gasteiger partial charge in [-0.05, 0) is 63.1 Å². The van der Waals surface area contributed by atoms with E-state index in [4.69, 9.17) is 20.9 Å². The molecule has 0 saturated heterocycles. The van der Waals surface area contributed by atoms with Crippen LogP contribution in [0.4, 0.5) is 0 Å². The Morgan fingerprint density at radius 3 is 1.52 bits per heavy atom. The summed E-state index contributed by atoms with van der Waals surface area (Å²) in [6.45, 7) is 11.1. The summed E-state index contributed by atoms with van der Waals surface area (Å²) < 4.78 is 11.0. The van der Waals surface area contributed by atoms with Gasteiger partial charge in [0.25, 0.3) is 0 Å². The molecule has 0 aliphatic heterocycles. The highest BCUT2D eigenvalue weighted by Gasteiger charge is 2.26. The minimum atomic E-state index is -1.03. The molecule has 0 radical (unpaired) electrons. The average Bonchev–Trinajstić information content (AvgIpc) is 2.53. The number of esters is 1. The van der Waals surface area contributed by atoms with Crippen LogP contribution in [0.2, 0.25) is 0 Å². The molecule has 0 spiro atoms. The molecule has 0 bridgehead atoms. The summed E-state index contributed by atoms with van der Waals surface area (Å²) in [5.41, 5.74) is 11.9. The van der Waals surface area contributed by atoms with Crippen LogP contribution in [0.1, 0.15) is 52.7 Å². The Morgan fingerprint density at radius 2 is 1.15 bits per heavy atom. The molecule has 0 aliphatic carbocycles. The van der Waals surface area contributed by atoms with Crippen LogP contribution in [-0.4, -0.2) is 17.2 Å². The zero-order chi connectivity index (χ0) is 20.5. The standard InChI is InChI=1S/C22H30N2O3/c1-20(2,16-9-13-18(14-10-16)27-22(5,6)24)15-7-11-17(12-8-15)26-19(25)21(3,4)23/h7-14H,23-24H2,1-6H3. The number of hydrogen-bond donors (Lipinski definition) is 2. The molecule has 5 nitrogen and oxygen atoms in total. The molecule has 4 N–H and O–H groups in total. The van der Waals surface area contributed by atoms with Gasteiger partial charge >= 0.3 is 5.97 Å². The Kier molecular flexibility index (Phi) is 5.68. The van der Waals surface area contributed by atoms with Crippen molar-refractivity contribution in [1.29, 1.82) is 0 Å². The van der Waals surface area contributed by atoms with Crippen molar-refractivity contribution in [1.82, 2.24) is 0 Å². The molecule has 0 heterocycles. The average molecular weight is 370 g/mol. The monoisotopic (exact) mass is 370 g/mol. The van der Waals surface area contributed by atoms with Gasteiger partial charge in [-0.25, -0.2) is 4.79 Å². The molecule has 0 amide bonds. The molecule has 0 aliphatic rings. The Morgan fingerprint density at radius 1 is 0.741 bits per heavy atom. The van der Waals surface area contributed by atoms with Gasteiger partial charge in [-0.1, -0.05) is 38.1 Å². The summed E-state index contributed by atoms with van der Waals surface area (Å²) in [5, 5.41) is 0. The first-order chi connectivity index (χ1) is 12.3. The molecule has 2 rings (SSSR count). The fraction of sp³-hybridized carbons (Fsp3) is 0.409. The molecule has 5 heteroatoms. The molecule has 2 aromatic rings. The predicted octanol–water partition coefficient (Wildman–Crippen LogP) is 3.73. The van der Waals surface area contributed by atoms with Crippen molar-refractivity contribution in [3.8, 4) is 11.5 Å². The van der Waals surface area contributed by atoms with Gasteiger partial charge in [-0.2, -0.15) is 0 Å². The van der Waals surface area contributed by atoms with Crippen molar-refractivity contribution in [3.05, 3.63) is 59.7 Å². The van der Waals surface area contributed by atoms with Crippen LogP contribution in [0.3, 0.4) is 0 Å². The molecule has 0 atom stereocenters. The first-order valence-electron chi connectivity index (χ1n) is 8.99. The van der Waals surface area contributed by atoms with Crippen molar-refractivity contribution in [2.45, 2.75) is 58.2 Å².